The molecule has 0 amide bonds. The standard InChI is InChI=1S/C12H18N2O3S/c1-2-8-13-9-3-10-18(17)12-6-4-11(5-7-12)14(15)16/h4-7,13H,2-3,8-10H2,1H3. The van der Waals surface area contributed by atoms with E-state index in [1.807, 2.05) is 0 Å². The Morgan fingerprint density at radius 1 is 1.28 bits per heavy atom. The highest BCUT2D eigenvalue weighted by atomic mass is 32.2. The Hall–Kier alpha value is -1.27. The van der Waals surface area contributed by atoms with E-state index in [1.165, 1.54) is 12.1 Å². The van der Waals surface area contributed by atoms with Gasteiger partial charge in [-0.05, 0) is 38.1 Å². The molecule has 0 fully saturated rings. The first-order chi connectivity index (χ1) is 8.65. The number of rotatable bonds is 8. The van der Waals surface area contributed by atoms with Crippen molar-refractivity contribution in [3.8, 4) is 0 Å². The lowest BCUT2D eigenvalue weighted by molar-refractivity contribution is -0.384. The fourth-order valence-corrected chi connectivity index (χ4v) is 2.55. The van der Waals surface area contributed by atoms with Crippen molar-refractivity contribution in [1.82, 2.24) is 5.32 Å². The first-order valence-electron chi connectivity index (χ1n) is 5.98. The van der Waals surface area contributed by atoms with Gasteiger partial charge in [-0.2, -0.15) is 0 Å². The Morgan fingerprint density at radius 2 is 1.94 bits per heavy atom. The lowest BCUT2D eigenvalue weighted by Crippen LogP contribution is -2.17. The van der Waals surface area contributed by atoms with Crippen LogP contribution in [0.1, 0.15) is 19.8 Å². The zero-order chi connectivity index (χ0) is 13.4. The molecule has 1 atom stereocenters. The van der Waals surface area contributed by atoms with Crippen LogP contribution in [0.4, 0.5) is 5.69 Å². The van der Waals surface area contributed by atoms with Gasteiger partial charge in [0.1, 0.15) is 0 Å². The van der Waals surface area contributed by atoms with E-state index < -0.39 is 15.7 Å². The van der Waals surface area contributed by atoms with Crippen LogP contribution in [0.15, 0.2) is 29.2 Å². The minimum absolute atomic E-state index is 0.0281. The van der Waals surface area contributed by atoms with Gasteiger partial charge in [-0.3, -0.25) is 14.3 Å². The number of non-ortho nitro benzene ring substituents is 1. The highest BCUT2D eigenvalue weighted by molar-refractivity contribution is 7.85. The van der Waals surface area contributed by atoms with Crippen molar-refractivity contribution in [3.63, 3.8) is 0 Å². The molecule has 0 aliphatic rings. The van der Waals surface area contributed by atoms with Gasteiger partial charge in [0.2, 0.25) is 0 Å². The molecule has 0 radical (unpaired) electrons. The summed E-state index contributed by atoms with van der Waals surface area (Å²) in [5.41, 5.74) is 0.0281. The average molecular weight is 270 g/mol. The van der Waals surface area contributed by atoms with Crippen molar-refractivity contribution in [2.45, 2.75) is 24.7 Å². The summed E-state index contributed by atoms with van der Waals surface area (Å²) in [6.07, 6.45) is 1.93. The molecule has 0 aliphatic carbocycles. The van der Waals surface area contributed by atoms with E-state index in [0.29, 0.717) is 10.6 Å². The van der Waals surface area contributed by atoms with Crippen LogP contribution in [0.25, 0.3) is 0 Å². The second-order valence-electron chi connectivity index (χ2n) is 3.90. The highest BCUT2D eigenvalue weighted by Crippen LogP contribution is 2.14. The quantitative estimate of drug-likeness (QED) is 0.446. The first kappa shape index (κ1) is 14.8. The summed E-state index contributed by atoms with van der Waals surface area (Å²) in [6, 6.07) is 5.91. The van der Waals surface area contributed by atoms with Gasteiger partial charge in [-0.1, -0.05) is 6.92 Å². The van der Waals surface area contributed by atoms with Crippen molar-refractivity contribution in [2.24, 2.45) is 0 Å². The van der Waals surface area contributed by atoms with Crippen LogP contribution < -0.4 is 5.32 Å². The largest absolute Gasteiger partial charge is 0.317 e. The maximum atomic E-state index is 11.9. The van der Waals surface area contributed by atoms with Crippen LogP contribution in [0.5, 0.6) is 0 Å². The summed E-state index contributed by atoms with van der Waals surface area (Å²) in [5, 5.41) is 13.7. The Labute approximate surface area is 109 Å². The number of hydrogen-bond acceptors (Lipinski definition) is 4. The van der Waals surface area contributed by atoms with Crippen molar-refractivity contribution in [3.05, 3.63) is 34.4 Å². The maximum Gasteiger partial charge on any atom is 0.269 e. The topological polar surface area (TPSA) is 72.2 Å². The molecule has 6 heteroatoms. The molecular formula is C12H18N2O3S. The predicted molar refractivity (Wildman–Crippen MR) is 72.1 cm³/mol. The van der Waals surface area contributed by atoms with Gasteiger partial charge in [-0.25, -0.2) is 0 Å². The minimum atomic E-state index is -1.07. The molecule has 0 spiro atoms. The number of benzene rings is 1. The predicted octanol–water partition coefficient (Wildman–Crippen LogP) is 2.09. The molecule has 18 heavy (non-hydrogen) atoms. The average Bonchev–Trinajstić information content (AvgIpc) is 2.38. The van der Waals surface area contributed by atoms with Crippen LogP contribution >= 0.6 is 0 Å². The first-order valence-corrected chi connectivity index (χ1v) is 7.30. The molecule has 5 nitrogen and oxygen atoms in total. The van der Waals surface area contributed by atoms with Gasteiger partial charge in [-0.15, -0.1) is 0 Å². The molecule has 0 bridgehead atoms. The van der Waals surface area contributed by atoms with Crippen LogP contribution in [0.2, 0.25) is 0 Å². The number of nitrogens with zero attached hydrogens (tertiary/aromatic N) is 1. The molecule has 1 unspecified atom stereocenters. The van der Waals surface area contributed by atoms with Gasteiger partial charge in [0.25, 0.3) is 5.69 Å². The normalized spacial score (nSPS) is 12.3. The summed E-state index contributed by atoms with van der Waals surface area (Å²) in [4.78, 5) is 10.7. The van der Waals surface area contributed by atoms with E-state index in [2.05, 4.69) is 12.2 Å². The summed E-state index contributed by atoms with van der Waals surface area (Å²) >= 11 is 0. The second kappa shape index (κ2) is 7.94. The van der Waals surface area contributed by atoms with Crippen LogP contribution in [0.3, 0.4) is 0 Å². The van der Waals surface area contributed by atoms with E-state index in [-0.39, 0.29) is 5.69 Å². The van der Waals surface area contributed by atoms with Crippen molar-refractivity contribution in [2.75, 3.05) is 18.8 Å². The van der Waals surface area contributed by atoms with Crippen molar-refractivity contribution >= 4 is 16.5 Å². The lowest BCUT2D eigenvalue weighted by Gasteiger charge is -2.03. The molecule has 100 valence electrons. The molecule has 1 N–H and O–H groups in total. The molecule has 1 aromatic rings. The molecule has 0 heterocycles. The van der Waals surface area contributed by atoms with Crippen molar-refractivity contribution in [1.29, 1.82) is 0 Å². The third-order valence-corrected chi connectivity index (χ3v) is 3.88. The smallest absolute Gasteiger partial charge is 0.269 e. The minimum Gasteiger partial charge on any atom is -0.317 e. The summed E-state index contributed by atoms with van der Waals surface area (Å²) in [7, 11) is -1.07. The number of nitro groups is 1. The van der Waals surface area contributed by atoms with E-state index >= 15 is 0 Å². The fourth-order valence-electron chi connectivity index (χ4n) is 1.47. The monoisotopic (exact) mass is 270 g/mol. The van der Waals surface area contributed by atoms with Gasteiger partial charge < -0.3 is 5.32 Å². The van der Waals surface area contributed by atoms with Gasteiger partial charge >= 0.3 is 0 Å². The lowest BCUT2D eigenvalue weighted by atomic mass is 10.3. The Kier molecular flexibility index (Phi) is 6.53. The third kappa shape index (κ3) is 4.93. The van der Waals surface area contributed by atoms with Crippen LogP contribution in [-0.2, 0) is 10.8 Å². The second-order valence-corrected chi connectivity index (χ2v) is 5.47. The van der Waals surface area contributed by atoms with Gasteiger partial charge in [0.05, 0.1) is 15.7 Å². The number of nitro benzene ring substituents is 1. The van der Waals surface area contributed by atoms with E-state index in [1.54, 1.807) is 12.1 Å². The molecular weight excluding hydrogens is 252 g/mol. The Bertz CT molecular complexity index is 406. The maximum absolute atomic E-state index is 11.9. The zero-order valence-electron chi connectivity index (χ0n) is 10.4. The van der Waals surface area contributed by atoms with Crippen LogP contribution in [0, 0.1) is 10.1 Å². The summed E-state index contributed by atoms with van der Waals surface area (Å²) in [6.45, 7) is 3.93. The Morgan fingerprint density at radius 3 is 2.50 bits per heavy atom. The van der Waals surface area contributed by atoms with E-state index in [9.17, 15) is 14.3 Å². The Balaban J connectivity index is 2.39. The fraction of sp³-hybridized carbons (Fsp3) is 0.500. The summed E-state index contributed by atoms with van der Waals surface area (Å²) in [5.74, 6) is 0.578. The summed E-state index contributed by atoms with van der Waals surface area (Å²) < 4.78 is 11.9. The molecule has 1 rings (SSSR count). The SMILES string of the molecule is CCCNCCCS(=O)c1ccc([N+](=O)[O-])cc1. The highest BCUT2D eigenvalue weighted by Gasteiger charge is 2.07. The molecule has 0 saturated heterocycles. The molecule has 0 aliphatic heterocycles. The van der Waals surface area contributed by atoms with E-state index in [0.717, 1.165) is 25.9 Å². The zero-order valence-corrected chi connectivity index (χ0v) is 11.2. The van der Waals surface area contributed by atoms with E-state index in [4.69, 9.17) is 0 Å². The molecule has 0 saturated carbocycles. The third-order valence-electron chi connectivity index (χ3n) is 2.42. The molecule has 1 aromatic carbocycles. The van der Waals surface area contributed by atoms with Crippen LogP contribution in [-0.4, -0.2) is 28.0 Å². The number of hydrogen-bond donors (Lipinski definition) is 1. The van der Waals surface area contributed by atoms with Gasteiger partial charge in [0, 0.05) is 22.8 Å². The number of nitrogens with one attached hydrogen (secondary N) is 1. The van der Waals surface area contributed by atoms with Gasteiger partial charge in [0.15, 0.2) is 0 Å². The van der Waals surface area contributed by atoms with Crippen molar-refractivity contribution < 1.29 is 9.13 Å². The molecule has 0 aromatic heterocycles.